The van der Waals surface area contributed by atoms with E-state index in [2.05, 4.69) is 32.3 Å². The van der Waals surface area contributed by atoms with Gasteiger partial charge in [0.15, 0.2) is 24.0 Å². The fourth-order valence-electron chi connectivity index (χ4n) is 8.07. The SMILES string of the molecule is O=C(c1nc2n(n1)[C@@H](c1ccccc1)C[C@H]2F)N1CCc2ccccc2C1.O=C(c1nc2n(n1)[C@@H](c1ccccc1)C[C@H]2F)N1CCc2ccccc2C1. The zero-order chi connectivity index (χ0) is 36.8. The number of benzene rings is 4. The molecule has 0 saturated carbocycles. The average Bonchev–Trinajstić information content (AvgIpc) is 4.00. The van der Waals surface area contributed by atoms with Crippen LogP contribution < -0.4 is 0 Å². The second-order valence-corrected chi connectivity index (χ2v) is 14.2. The van der Waals surface area contributed by atoms with E-state index in [9.17, 15) is 18.4 Å². The highest BCUT2D eigenvalue weighted by Crippen LogP contribution is 2.40. The molecule has 4 atom stereocenters. The van der Waals surface area contributed by atoms with Crippen molar-refractivity contribution >= 4 is 11.8 Å². The molecule has 0 N–H and O–H groups in total. The molecular weight excluding hydrogens is 687 g/mol. The van der Waals surface area contributed by atoms with E-state index in [4.69, 9.17) is 0 Å². The quantitative estimate of drug-likeness (QED) is 0.195. The minimum atomic E-state index is -1.20. The van der Waals surface area contributed by atoms with Crippen LogP contribution in [0.25, 0.3) is 0 Å². The summed E-state index contributed by atoms with van der Waals surface area (Å²) in [5.41, 5.74) is 6.80. The number of alkyl halides is 2. The number of nitrogens with zero attached hydrogens (tertiary/aromatic N) is 8. The lowest BCUT2D eigenvalue weighted by atomic mass is 10.00. The smallest absolute Gasteiger partial charge is 0.293 e. The highest BCUT2D eigenvalue weighted by Gasteiger charge is 2.39. The minimum Gasteiger partial charge on any atom is -0.331 e. The van der Waals surface area contributed by atoms with Crippen LogP contribution in [0.5, 0.6) is 0 Å². The lowest BCUT2D eigenvalue weighted by molar-refractivity contribution is 0.0714. The van der Waals surface area contributed by atoms with Gasteiger partial charge in [-0.2, -0.15) is 0 Å². The Morgan fingerprint density at radius 1 is 0.519 bits per heavy atom. The molecule has 0 aliphatic carbocycles. The largest absolute Gasteiger partial charge is 0.331 e. The Morgan fingerprint density at radius 2 is 0.889 bits per heavy atom. The molecule has 0 spiro atoms. The summed E-state index contributed by atoms with van der Waals surface area (Å²) in [5.74, 6) is 0.227. The number of rotatable bonds is 4. The highest BCUT2D eigenvalue weighted by atomic mass is 19.1. The summed E-state index contributed by atoms with van der Waals surface area (Å²) in [7, 11) is 0. The van der Waals surface area contributed by atoms with Gasteiger partial charge in [0.2, 0.25) is 11.6 Å². The van der Waals surface area contributed by atoms with Gasteiger partial charge in [-0.15, -0.1) is 10.2 Å². The summed E-state index contributed by atoms with van der Waals surface area (Å²) in [6, 6.07) is 35.2. The molecule has 2 aromatic heterocycles. The Labute approximate surface area is 311 Å². The summed E-state index contributed by atoms with van der Waals surface area (Å²) in [4.78, 5) is 37.9. The Balaban J connectivity index is 0.000000142. The number of aromatic nitrogens is 6. The van der Waals surface area contributed by atoms with Gasteiger partial charge in [-0.05, 0) is 46.2 Å². The standard InChI is InChI=1S/2C21H19FN4O/c2*22-17-12-18(15-7-2-1-3-8-15)26-20(17)23-19(24-26)21(27)25-11-10-14-6-4-5-9-16(14)13-25/h2*1-9,17-18H,10-13H2/t2*17-,18-/m11/s1. The Morgan fingerprint density at radius 3 is 1.30 bits per heavy atom. The maximum Gasteiger partial charge on any atom is 0.293 e. The Bertz CT molecular complexity index is 2160. The topological polar surface area (TPSA) is 102 Å². The van der Waals surface area contributed by atoms with Gasteiger partial charge in [0.25, 0.3) is 11.8 Å². The van der Waals surface area contributed by atoms with Gasteiger partial charge >= 0.3 is 0 Å². The van der Waals surface area contributed by atoms with Gasteiger partial charge in [-0.1, -0.05) is 109 Å². The van der Waals surface area contributed by atoms with Crippen LogP contribution in [0.3, 0.4) is 0 Å². The lowest BCUT2D eigenvalue weighted by Gasteiger charge is -2.27. The summed E-state index contributed by atoms with van der Waals surface area (Å²) in [6.45, 7) is 2.34. The molecule has 12 heteroatoms. The average molecular weight is 725 g/mol. The zero-order valence-electron chi connectivity index (χ0n) is 29.5. The van der Waals surface area contributed by atoms with E-state index in [1.807, 2.05) is 97.1 Å². The molecular formula is C42H38F2N8O2. The van der Waals surface area contributed by atoms with E-state index in [1.54, 1.807) is 19.2 Å². The first-order chi connectivity index (χ1) is 26.4. The molecule has 272 valence electrons. The number of hydrogen-bond donors (Lipinski definition) is 0. The number of amides is 2. The number of carbonyl (C=O) groups is 2. The van der Waals surface area contributed by atoms with Crippen LogP contribution in [-0.4, -0.2) is 64.2 Å². The number of carbonyl (C=O) groups excluding carboxylic acids is 2. The van der Waals surface area contributed by atoms with Crippen molar-refractivity contribution in [3.05, 3.63) is 166 Å². The van der Waals surface area contributed by atoms with E-state index < -0.39 is 12.3 Å². The van der Waals surface area contributed by atoms with Crippen molar-refractivity contribution in [3.63, 3.8) is 0 Å². The molecule has 0 bridgehead atoms. The van der Waals surface area contributed by atoms with Crippen molar-refractivity contribution in [1.82, 2.24) is 39.3 Å². The van der Waals surface area contributed by atoms with Crippen LogP contribution >= 0.6 is 0 Å². The Kier molecular flexibility index (Phi) is 8.80. The normalized spacial score (nSPS) is 21.0. The second-order valence-electron chi connectivity index (χ2n) is 14.2. The zero-order valence-corrected chi connectivity index (χ0v) is 29.5. The van der Waals surface area contributed by atoms with Crippen LogP contribution in [0, 0.1) is 0 Å². The summed E-state index contributed by atoms with van der Waals surface area (Å²) in [5, 5.41) is 8.81. The van der Waals surface area contributed by atoms with Crippen molar-refractivity contribution in [3.8, 4) is 0 Å². The molecule has 4 aromatic carbocycles. The molecule has 10 rings (SSSR count). The van der Waals surface area contributed by atoms with Crippen LogP contribution in [-0.2, 0) is 25.9 Å². The third-order valence-electron chi connectivity index (χ3n) is 10.9. The predicted molar refractivity (Wildman–Crippen MR) is 196 cm³/mol. The molecule has 2 amide bonds. The van der Waals surface area contributed by atoms with Gasteiger partial charge in [-0.3, -0.25) is 9.59 Å². The third-order valence-corrected chi connectivity index (χ3v) is 10.9. The number of hydrogen-bond acceptors (Lipinski definition) is 6. The third kappa shape index (κ3) is 6.25. The maximum atomic E-state index is 14.5. The van der Waals surface area contributed by atoms with Crippen molar-refractivity contribution in [2.45, 2.75) is 63.2 Å². The maximum absolute atomic E-state index is 14.5. The number of fused-ring (bicyclic) bond motifs is 4. The van der Waals surface area contributed by atoms with E-state index in [1.165, 1.54) is 11.1 Å². The van der Waals surface area contributed by atoms with Crippen LogP contribution in [0.4, 0.5) is 8.78 Å². The molecule has 0 fully saturated rings. The van der Waals surface area contributed by atoms with Crippen LogP contribution in [0.15, 0.2) is 109 Å². The molecule has 10 nitrogen and oxygen atoms in total. The molecule has 4 aliphatic heterocycles. The van der Waals surface area contributed by atoms with Crippen molar-refractivity contribution in [2.75, 3.05) is 13.1 Å². The van der Waals surface area contributed by atoms with Gasteiger partial charge in [-0.25, -0.2) is 28.1 Å². The van der Waals surface area contributed by atoms with Crippen molar-refractivity contribution in [2.24, 2.45) is 0 Å². The van der Waals surface area contributed by atoms with Gasteiger partial charge in [0.1, 0.15) is 0 Å². The van der Waals surface area contributed by atoms with E-state index in [-0.39, 0.29) is 47.2 Å². The first-order valence-electron chi connectivity index (χ1n) is 18.4. The first-order valence-corrected chi connectivity index (χ1v) is 18.4. The predicted octanol–water partition coefficient (Wildman–Crippen LogP) is 6.96. The van der Waals surface area contributed by atoms with Gasteiger partial charge in [0.05, 0.1) is 12.1 Å². The monoisotopic (exact) mass is 724 g/mol. The summed E-state index contributed by atoms with van der Waals surface area (Å²) >= 11 is 0. The molecule has 6 aromatic rings. The van der Waals surface area contributed by atoms with E-state index in [0.717, 1.165) is 35.1 Å². The molecule has 0 unspecified atom stereocenters. The second kappa shape index (κ2) is 14.1. The molecule has 0 saturated heterocycles. The molecule has 4 aliphatic rings. The molecule has 6 heterocycles. The minimum absolute atomic E-state index is 0.0904. The fourth-order valence-corrected chi connectivity index (χ4v) is 8.07. The van der Waals surface area contributed by atoms with Crippen molar-refractivity contribution < 1.29 is 18.4 Å². The Hall–Kier alpha value is -6.04. The molecule has 0 radical (unpaired) electrons. The highest BCUT2D eigenvalue weighted by molar-refractivity contribution is 5.91. The van der Waals surface area contributed by atoms with Gasteiger partial charge < -0.3 is 9.80 Å². The van der Waals surface area contributed by atoms with E-state index >= 15 is 0 Å². The fraction of sp³-hybridized carbons (Fsp3) is 0.286. The summed E-state index contributed by atoms with van der Waals surface area (Å²) in [6.07, 6.45) is -0.157. The summed E-state index contributed by atoms with van der Waals surface area (Å²) < 4.78 is 32.2. The van der Waals surface area contributed by atoms with Crippen LogP contribution in [0.2, 0.25) is 0 Å². The molecule has 54 heavy (non-hydrogen) atoms. The lowest BCUT2D eigenvalue weighted by Crippen LogP contribution is -2.36. The van der Waals surface area contributed by atoms with Crippen molar-refractivity contribution in [1.29, 1.82) is 0 Å². The number of halogens is 2. The van der Waals surface area contributed by atoms with E-state index in [0.29, 0.717) is 39.0 Å². The van der Waals surface area contributed by atoms with Crippen LogP contribution in [0.1, 0.15) is 104 Å². The van der Waals surface area contributed by atoms with Gasteiger partial charge in [0, 0.05) is 39.0 Å². The first kappa shape index (κ1) is 33.8.